The first-order chi connectivity index (χ1) is 8.25. The van der Waals surface area contributed by atoms with E-state index in [2.05, 4.69) is 14.7 Å². The van der Waals surface area contributed by atoms with E-state index in [9.17, 15) is 4.79 Å². The lowest BCUT2D eigenvalue weighted by atomic mass is 10.1. The molecule has 0 heterocycles. The molecule has 0 bridgehead atoms. The molecule has 0 spiro atoms. The minimum Gasteiger partial charge on any atom is -0.450 e. The highest BCUT2D eigenvalue weighted by Crippen LogP contribution is 2.13. The third-order valence-electron chi connectivity index (χ3n) is 1.64. The summed E-state index contributed by atoms with van der Waals surface area (Å²) in [7, 11) is 0. The maximum absolute atomic E-state index is 10.7. The largest absolute Gasteiger partial charge is 0.542 e. The van der Waals surface area contributed by atoms with Gasteiger partial charge in [-0.2, -0.15) is 4.89 Å². The number of carboxylic acid groups (broad SMARTS) is 2. The Bertz CT molecular complexity index is 234. The fourth-order valence-electron chi connectivity index (χ4n) is 0.405. The van der Waals surface area contributed by atoms with Crippen molar-refractivity contribution < 1.29 is 39.4 Å². The molecule has 8 nitrogen and oxygen atoms in total. The third-order valence-corrected chi connectivity index (χ3v) is 1.64. The van der Waals surface area contributed by atoms with Crippen molar-refractivity contribution in [2.75, 3.05) is 6.61 Å². The van der Waals surface area contributed by atoms with Crippen LogP contribution in [0, 0.1) is 0 Å². The topological polar surface area (TPSA) is 112 Å². The van der Waals surface area contributed by atoms with Gasteiger partial charge in [-0.25, -0.2) is 14.5 Å². The molecular formula is C10H20O8. The Morgan fingerprint density at radius 1 is 1.17 bits per heavy atom. The van der Waals surface area contributed by atoms with Crippen molar-refractivity contribution in [1.29, 1.82) is 0 Å². The summed E-state index contributed by atoms with van der Waals surface area (Å²) in [6.45, 7) is 7.74. The molecule has 0 saturated carbocycles. The molecule has 108 valence electrons. The van der Waals surface area contributed by atoms with E-state index in [0.29, 0.717) is 6.61 Å². The van der Waals surface area contributed by atoms with E-state index < -0.39 is 17.9 Å². The molecule has 0 aliphatic rings. The van der Waals surface area contributed by atoms with Gasteiger partial charge in [0, 0.05) is 0 Å². The number of hydrogen-bond acceptors (Lipinski definition) is 6. The Balaban J connectivity index is 0. The molecule has 0 atom stereocenters. The molecule has 8 heteroatoms. The van der Waals surface area contributed by atoms with Crippen LogP contribution in [0.5, 0.6) is 0 Å². The maximum Gasteiger partial charge on any atom is 0.542 e. The predicted octanol–water partition coefficient (Wildman–Crippen LogP) is 2.82. The van der Waals surface area contributed by atoms with Gasteiger partial charge in [-0.05, 0) is 31.7 Å². The first kappa shape index (κ1) is 18.8. The summed E-state index contributed by atoms with van der Waals surface area (Å²) in [5.74, 6) is 0. The Hall–Kier alpha value is -1.54. The quantitative estimate of drug-likeness (QED) is 0.429. The zero-order valence-electron chi connectivity index (χ0n) is 11.0. The van der Waals surface area contributed by atoms with E-state index in [0.717, 1.165) is 12.8 Å². The number of carbonyl (C=O) groups excluding carboxylic acids is 1. The van der Waals surface area contributed by atoms with Crippen LogP contribution in [0.1, 0.15) is 40.5 Å². The lowest BCUT2D eigenvalue weighted by Crippen LogP contribution is -2.24. The highest BCUT2D eigenvalue weighted by atomic mass is 17.5. The summed E-state index contributed by atoms with van der Waals surface area (Å²) >= 11 is 0. The average Bonchev–Trinajstić information content (AvgIpc) is 2.25. The average molecular weight is 268 g/mol. The second-order valence-corrected chi connectivity index (χ2v) is 3.73. The van der Waals surface area contributed by atoms with Gasteiger partial charge in [-0.15, -0.1) is 0 Å². The van der Waals surface area contributed by atoms with E-state index in [1.54, 1.807) is 0 Å². The van der Waals surface area contributed by atoms with Gasteiger partial charge >= 0.3 is 12.3 Å². The highest BCUT2D eigenvalue weighted by Gasteiger charge is 2.18. The molecule has 0 saturated heterocycles. The summed E-state index contributed by atoms with van der Waals surface area (Å²) in [4.78, 5) is 28.3. The fourth-order valence-corrected chi connectivity index (χ4v) is 0.405. The second-order valence-electron chi connectivity index (χ2n) is 3.73. The van der Waals surface area contributed by atoms with Crippen LogP contribution < -0.4 is 0 Å². The van der Waals surface area contributed by atoms with Crippen LogP contribution >= 0.6 is 0 Å². The zero-order chi connectivity index (χ0) is 14.6. The number of rotatable bonds is 6. The molecule has 0 radical (unpaired) electrons. The van der Waals surface area contributed by atoms with Crippen LogP contribution in [0.15, 0.2) is 0 Å². The molecule has 2 N–H and O–H groups in total. The molecule has 0 aromatic rings. The molecule has 0 aromatic carbocycles. The van der Waals surface area contributed by atoms with Gasteiger partial charge in [0.1, 0.15) is 5.60 Å². The SMILES string of the molecule is CCCOC(=O)OOOC(C)(C)CC.O=C(O)O. The summed E-state index contributed by atoms with van der Waals surface area (Å²) < 4.78 is 4.57. The molecule has 0 fully saturated rings. The first-order valence-corrected chi connectivity index (χ1v) is 5.36. The van der Waals surface area contributed by atoms with Crippen LogP contribution in [0.25, 0.3) is 0 Å². The monoisotopic (exact) mass is 268 g/mol. The number of ether oxygens (including phenoxy) is 1. The van der Waals surface area contributed by atoms with Crippen LogP contribution in [-0.2, 0) is 19.6 Å². The van der Waals surface area contributed by atoms with Crippen LogP contribution in [-0.4, -0.2) is 34.7 Å². The second kappa shape index (κ2) is 10.6. The highest BCUT2D eigenvalue weighted by molar-refractivity contribution is 5.58. The Labute approximate surface area is 105 Å². The van der Waals surface area contributed by atoms with Crippen molar-refractivity contribution >= 4 is 12.3 Å². The molecule has 0 amide bonds. The summed E-state index contributed by atoms with van der Waals surface area (Å²) in [5.41, 5.74) is -0.481. The zero-order valence-corrected chi connectivity index (χ0v) is 11.0. The van der Waals surface area contributed by atoms with Crippen molar-refractivity contribution in [3.63, 3.8) is 0 Å². The maximum atomic E-state index is 10.7. The van der Waals surface area contributed by atoms with E-state index in [1.807, 2.05) is 27.7 Å². The molecule has 0 aliphatic carbocycles. The summed E-state index contributed by atoms with van der Waals surface area (Å²) in [5, 5.41) is 18.2. The standard InChI is InChI=1S/C9H18O5.CH2O3/c1-5-7-11-8(10)12-14-13-9(3,4)6-2;2-1(3)4/h5-7H2,1-4H3;(H2,2,3,4). The molecule has 0 rings (SSSR count). The van der Waals surface area contributed by atoms with Crippen molar-refractivity contribution in [1.82, 2.24) is 0 Å². The smallest absolute Gasteiger partial charge is 0.450 e. The van der Waals surface area contributed by atoms with E-state index >= 15 is 0 Å². The third kappa shape index (κ3) is 16.9. The Morgan fingerprint density at radius 2 is 1.67 bits per heavy atom. The minimum atomic E-state index is -1.83. The van der Waals surface area contributed by atoms with Crippen molar-refractivity contribution in [2.24, 2.45) is 0 Å². The molecular weight excluding hydrogens is 248 g/mol. The van der Waals surface area contributed by atoms with Crippen LogP contribution in [0.4, 0.5) is 9.59 Å². The number of carbonyl (C=O) groups is 2. The predicted molar refractivity (Wildman–Crippen MR) is 59.9 cm³/mol. The minimum absolute atomic E-state index is 0.305. The fraction of sp³-hybridized carbons (Fsp3) is 0.800. The first-order valence-electron chi connectivity index (χ1n) is 5.36. The van der Waals surface area contributed by atoms with Gasteiger partial charge in [-0.3, -0.25) is 0 Å². The molecule has 0 unspecified atom stereocenters. The van der Waals surface area contributed by atoms with E-state index in [1.165, 1.54) is 0 Å². The lowest BCUT2D eigenvalue weighted by molar-refractivity contribution is -0.517. The van der Waals surface area contributed by atoms with E-state index in [4.69, 9.17) is 19.9 Å². The van der Waals surface area contributed by atoms with Gasteiger partial charge in [0.05, 0.1) is 6.61 Å². The molecule has 18 heavy (non-hydrogen) atoms. The molecule has 0 aliphatic heterocycles. The van der Waals surface area contributed by atoms with Crippen LogP contribution in [0.3, 0.4) is 0 Å². The van der Waals surface area contributed by atoms with Crippen molar-refractivity contribution in [2.45, 2.75) is 46.1 Å². The summed E-state index contributed by atoms with van der Waals surface area (Å²) in [6.07, 6.45) is -1.25. The Morgan fingerprint density at radius 3 is 2.06 bits per heavy atom. The van der Waals surface area contributed by atoms with Crippen LogP contribution in [0.2, 0.25) is 0 Å². The number of hydrogen-bond donors (Lipinski definition) is 2. The van der Waals surface area contributed by atoms with Gasteiger partial charge in [0.25, 0.3) is 0 Å². The van der Waals surface area contributed by atoms with Gasteiger partial charge in [-0.1, -0.05) is 13.8 Å². The van der Waals surface area contributed by atoms with Gasteiger partial charge in [0.15, 0.2) is 0 Å². The normalized spacial score (nSPS) is 10.0. The van der Waals surface area contributed by atoms with Gasteiger partial charge in [0.2, 0.25) is 0 Å². The van der Waals surface area contributed by atoms with Gasteiger partial charge < -0.3 is 14.9 Å². The summed E-state index contributed by atoms with van der Waals surface area (Å²) in [6, 6.07) is 0. The van der Waals surface area contributed by atoms with Crippen molar-refractivity contribution in [3.05, 3.63) is 0 Å². The Kier molecular flexibility index (Phi) is 11.1. The molecule has 0 aromatic heterocycles. The lowest BCUT2D eigenvalue weighted by Gasteiger charge is -2.19. The van der Waals surface area contributed by atoms with E-state index in [-0.39, 0.29) is 0 Å². The van der Waals surface area contributed by atoms with Crippen molar-refractivity contribution in [3.8, 4) is 0 Å².